The highest BCUT2D eigenvalue weighted by Crippen LogP contribution is 2.74. The van der Waals surface area contributed by atoms with E-state index in [1.165, 1.54) is 11.3 Å². The van der Waals surface area contributed by atoms with Crippen molar-refractivity contribution in [2.24, 2.45) is 5.41 Å². The molecule has 9 heteroatoms. The van der Waals surface area contributed by atoms with Crippen LogP contribution in [0.3, 0.4) is 0 Å². The molecule has 3 saturated carbocycles. The van der Waals surface area contributed by atoms with E-state index in [0.717, 1.165) is 69.0 Å². The summed E-state index contributed by atoms with van der Waals surface area (Å²) in [4.78, 5) is 26.4. The highest BCUT2D eigenvalue weighted by atomic mass is 16.5. The average Bonchev–Trinajstić information content (AvgIpc) is 3.47. The number of nitrogens with zero attached hydrogens (tertiary/aromatic N) is 6. The lowest BCUT2D eigenvalue weighted by Gasteiger charge is -2.70. The summed E-state index contributed by atoms with van der Waals surface area (Å²) in [6, 6.07) is 9.06. The molecule has 5 aliphatic rings. The molecule has 9 nitrogen and oxygen atoms in total. The van der Waals surface area contributed by atoms with Gasteiger partial charge in [-0.1, -0.05) is 12.1 Å². The van der Waals surface area contributed by atoms with Gasteiger partial charge in [-0.3, -0.25) is 4.79 Å². The van der Waals surface area contributed by atoms with Crippen LogP contribution in [0.2, 0.25) is 0 Å². The Labute approximate surface area is 216 Å². The van der Waals surface area contributed by atoms with Crippen LogP contribution in [0.4, 0.5) is 5.69 Å². The number of carbonyl (C=O) groups is 1. The molecular formula is C28H34N6O3. The molecule has 0 N–H and O–H groups in total. The normalized spacial score (nSPS) is 28.8. The number of aromatic nitrogens is 4. The Hall–Kier alpha value is -3.20. The van der Waals surface area contributed by atoms with Gasteiger partial charge in [-0.25, -0.2) is 4.98 Å². The van der Waals surface area contributed by atoms with Gasteiger partial charge in [0.15, 0.2) is 5.75 Å². The largest absolute Gasteiger partial charge is 0.485 e. The number of hydrogen-bond acceptors (Lipinski definition) is 7. The topological polar surface area (TPSA) is 85.1 Å². The van der Waals surface area contributed by atoms with Crippen molar-refractivity contribution in [1.29, 1.82) is 0 Å². The molecule has 0 spiro atoms. The molecule has 2 bridgehead atoms. The summed E-state index contributed by atoms with van der Waals surface area (Å²) in [5, 5.41) is 4.46. The SMILES string of the molecule is Cc1nc2nc(C)c(O[C@@H]3CCN(c4ccc(C56CC(C(=O)N7CCOCC7)(C5)C6)cc4)C3)c(C)n2n1. The molecule has 194 valence electrons. The van der Waals surface area contributed by atoms with E-state index in [1.807, 2.05) is 25.7 Å². The van der Waals surface area contributed by atoms with Crippen molar-refractivity contribution >= 4 is 17.4 Å². The standard InChI is InChI=1S/C28H34N6O3/c1-18-24(19(2)34-26(29-18)30-20(3)31-34)37-23-8-9-33(14-23)22-6-4-21(5-7-22)27-15-28(16-27,17-27)25(35)32-10-12-36-13-11-32/h4-7,23H,8-17H2,1-3H3/t23-,27?,28?/m1/s1. The number of aryl methyl sites for hydroxylation is 3. The zero-order valence-electron chi connectivity index (χ0n) is 21.9. The lowest BCUT2D eigenvalue weighted by molar-refractivity contribution is -0.190. The Morgan fingerprint density at radius 2 is 1.76 bits per heavy atom. The molecule has 2 aromatic heterocycles. The van der Waals surface area contributed by atoms with Gasteiger partial charge in [-0.15, -0.1) is 5.10 Å². The van der Waals surface area contributed by atoms with Crippen molar-refractivity contribution in [1.82, 2.24) is 24.5 Å². The van der Waals surface area contributed by atoms with E-state index in [0.29, 0.717) is 30.7 Å². The molecule has 1 atom stereocenters. The minimum absolute atomic E-state index is 0.101. The van der Waals surface area contributed by atoms with E-state index in [1.54, 1.807) is 4.52 Å². The smallest absolute Gasteiger partial charge is 0.253 e. The molecular weight excluding hydrogens is 468 g/mol. The van der Waals surface area contributed by atoms with Crippen LogP contribution in [0.5, 0.6) is 5.75 Å². The third kappa shape index (κ3) is 3.54. The van der Waals surface area contributed by atoms with E-state index in [2.05, 4.69) is 44.2 Å². The Morgan fingerprint density at radius 3 is 2.49 bits per heavy atom. The van der Waals surface area contributed by atoms with Crippen molar-refractivity contribution in [3.8, 4) is 5.75 Å². The Kier molecular flexibility index (Phi) is 5.06. The van der Waals surface area contributed by atoms with Crippen LogP contribution in [0.25, 0.3) is 5.78 Å². The van der Waals surface area contributed by atoms with Crippen molar-refractivity contribution in [3.63, 3.8) is 0 Å². The predicted molar refractivity (Wildman–Crippen MR) is 138 cm³/mol. The van der Waals surface area contributed by atoms with Gasteiger partial charge in [-0.05, 0) is 63.1 Å². The first kappa shape index (κ1) is 23.0. The first-order valence-electron chi connectivity index (χ1n) is 13.5. The summed E-state index contributed by atoms with van der Waals surface area (Å²) in [6.45, 7) is 10.5. The first-order chi connectivity index (χ1) is 17.9. The zero-order valence-corrected chi connectivity index (χ0v) is 21.9. The van der Waals surface area contributed by atoms with E-state index >= 15 is 0 Å². The Bertz CT molecular complexity index is 1360. The number of benzene rings is 1. The van der Waals surface area contributed by atoms with Gasteiger partial charge in [0.1, 0.15) is 11.9 Å². The highest BCUT2D eigenvalue weighted by molar-refractivity contribution is 5.87. The summed E-state index contributed by atoms with van der Waals surface area (Å²) in [6.07, 6.45) is 4.06. The van der Waals surface area contributed by atoms with Gasteiger partial charge in [0.05, 0.1) is 36.6 Å². The van der Waals surface area contributed by atoms with Crippen molar-refractivity contribution in [3.05, 3.63) is 47.0 Å². The fourth-order valence-electron chi connectivity index (χ4n) is 7.10. The highest BCUT2D eigenvalue weighted by Gasteiger charge is 2.72. The summed E-state index contributed by atoms with van der Waals surface area (Å²) >= 11 is 0. The molecule has 4 heterocycles. The van der Waals surface area contributed by atoms with E-state index in [4.69, 9.17) is 9.47 Å². The Morgan fingerprint density at radius 1 is 1.03 bits per heavy atom. The zero-order chi connectivity index (χ0) is 25.4. The van der Waals surface area contributed by atoms with Crippen LogP contribution in [-0.4, -0.2) is 75.9 Å². The first-order valence-corrected chi connectivity index (χ1v) is 13.5. The second-order valence-electron chi connectivity index (χ2n) is 11.5. The van der Waals surface area contributed by atoms with Crippen LogP contribution in [0.1, 0.15) is 48.5 Å². The van der Waals surface area contributed by atoms with Crippen LogP contribution in [-0.2, 0) is 14.9 Å². The molecule has 2 aliphatic heterocycles. The number of rotatable bonds is 5. The summed E-state index contributed by atoms with van der Waals surface area (Å²) in [5.74, 6) is 2.49. The van der Waals surface area contributed by atoms with Gasteiger partial charge in [0.25, 0.3) is 5.78 Å². The molecule has 2 saturated heterocycles. The molecule has 37 heavy (non-hydrogen) atoms. The van der Waals surface area contributed by atoms with Gasteiger partial charge < -0.3 is 19.3 Å². The number of anilines is 1. The van der Waals surface area contributed by atoms with Gasteiger partial charge in [0, 0.05) is 31.7 Å². The third-order valence-electron chi connectivity index (χ3n) is 9.00. The van der Waals surface area contributed by atoms with Crippen LogP contribution < -0.4 is 9.64 Å². The summed E-state index contributed by atoms with van der Waals surface area (Å²) < 4.78 is 13.7. The minimum atomic E-state index is -0.103. The lowest BCUT2D eigenvalue weighted by atomic mass is 9.33. The number of amides is 1. The number of fused-ring (bicyclic) bond motifs is 1. The molecule has 3 aliphatic carbocycles. The molecule has 1 aromatic carbocycles. The maximum absolute atomic E-state index is 13.1. The van der Waals surface area contributed by atoms with Crippen molar-refractivity contribution in [2.75, 3.05) is 44.3 Å². The van der Waals surface area contributed by atoms with Crippen LogP contribution in [0.15, 0.2) is 24.3 Å². The Balaban J connectivity index is 0.988. The number of hydrogen-bond donors (Lipinski definition) is 0. The van der Waals surface area contributed by atoms with Crippen molar-refractivity contribution in [2.45, 2.75) is 58.0 Å². The van der Waals surface area contributed by atoms with Crippen LogP contribution in [0, 0.1) is 26.2 Å². The van der Waals surface area contributed by atoms with E-state index < -0.39 is 0 Å². The predicted octanol–water partition coefficient (Wildman–Crippen LogP) is 2.99. The molecule has 0 radical (unpaired) electrons. The monoisotopic (exact) mass is 502 g/mol. The second-order valence-corrected chi connectivity index (χ2v) is 11.5. The minimum Gasteiger partial charge on any atom is -0.485 e. The maximum atomic E-state index is 13.1. The van der Waals surface area contributed by atoms with Gasteiger partial charge in [-0.2, -0.15) is 9.50 Å². The second kappa shape index (κ2) is 8.15. The quantitative estimate of drug-likeness (QED) is 0.530. The van der Waals surface area contributed by atoms with Crippen molar-refractivity contribution < 1.29 is 14.3 Å². The summed E-state index contributed by atoms with van der Waals surface area (Å²) in [5.41, 5.74) is 4.51. The molecule has 3 aromatic rings. The fourth-order valence-corrected chi connectivity index (χ4v) is 7.10. The summed E-state index contributed by atoms with van der Waals surface area (Å²) in [7, 11) is 0. The average molecular weight is 503 g/mol. The lowest BCUT2D eigenvalue weighted by Crippen LogP contribution is -2.70. The van der Waals surface area contributed by atoms with E-state index in [9.17, 15) is 4.79 Å². The van der Waals surface area contributed by atoms with Gasteiger partial charge in [0.2, 0.25) is 5.91 Å². The number of ether oxygens (including phenoxy) is 2. The number of morpholine rings is 1. The van der Waals surface area contributed by atoms with E-state index in [-0.39, 0.29) is 16.9 Å². The molecule has 0 unspecified atom stereocenters. The van der Waals surface area contributed by atoms with Gasteiger partial charge >= 0.3 is 0 Å². The third-order valence-corrected chi connectivity index (χ3v) is 9.00. The number of carbonyl (C=O) groups excluding carboxylic acids is 1. The molecule has 5 fully saturated rings. The van der Waals surface area contributed by atoms with Crippen LogP contribution >= 0.6 is 0 Å². The molecule has 8 rings (SSSR count). The fraction of sp³-hybridized carbons (Fsp3) is 0.571. The molecule has 1 amide bonds. The maximum Gasteiger partial charge on any atom is 0.253 e.